The Morgan fingerprint density at radius 2 is 2.00 bits per heavy atom. The molecule has 0 bridgehead atoms. The fourth-order valence-electron chi connectivity index (χ4n) is 2.80. The molecule has 2 rings (SSSR count). The molecule has 2 N–H and O–H groups in total. The molecule has 1 aliphatic rings. The molecule has 0 radical (unpaired) electrons. The summed E-state index contributed by atoms with van der Waals surface area (Å²) in [5.74, 6) is 0.208. The van der Waals surface area contributed by atoms with Crippen LogP contribution in [0.3, 0.4) is 0 Å². The van der Waals surface area contributed by atoms with Crippen molar-refractivity contribution in [1.29, 1.82) is 0 Å². The lowest BCUT2D eigenvalue weighted by molar-refractivity contribution is -0.665. The van der Waals surface area contributed by atoms with Crippen LogP contribution in [0.2, 0.25) is 0 Å². The zero-order chi connectivity index (χ0) is 14.8. The molecular weight excluding hydrogens is 318 g/mol. The summed E-state index contributed by atoms with van der Waals surface area (Å²) >= 11 is 3.48. The Labute approximate surface area is 129 Å². The summed E-state index contributed by atoms with van der Waals surface area (Å²) in [6.07, 6.45) is 2.21. The lowest BCUT2D eigenvalue weighted by atomic mass is 9.83. The summed E-state index contributed by atoms with van der Waals surface area (Å²) < 4.78 is 6.65. The molecule has 110 valence electrons. The van der Waals surface area contributed by atoms with E-state index in [9.17, 15) is 4.79 Å². The molecule has 0 amide bonds. The number of hydrogen-bond donors (Lipinski definition) is 1. The van der Waals surface area contributed by atoms with E-state index in [1.165, 1.54) is 0 Å². The topological polar surface area (TPSA) is 42.9 Å². The Kier molecular flexibility index (Phi) is 4.86. The average molecular weight is 341 g/mol. The van der Waals surface area contributed by atoms with Gasteiger partial charge in [0, 0.05) is 23.2 Å². The van der Waals surface area contributed by atoms with Crippen molar-refractivity contribution in [2.75, 3.05) is 13.1 Å². The predicted octanol–water partition coefficient (Wildman–Crippen LogP) is 2.67. The molecule has 0 saturated carbocycles. The maximum absolute atomic E-state index is 12.4. The van der Waals surface area contributed by atoms with Crippen molar-refractivity contribution >= 4 is 21.9 Å². The van der Waals surface area contributed by atoms with Crippen LogP contribution in [0.5, 0.6) is 0 Å². The number of carbonyl (C=O) groups is 1. The summed E-state index contributed by atoms with van der Waals surface area (Å²) in [6, 6.07) is 5.67. The van der Waals surface area contributed by atoms with Crippen LogP contribution >= 0.6 is 15.9 Å². The predicted molar refractivity (Wildman–Crippen MR) is 82.8 cm³/mol. The fourth-order valence-corrected chi connectivity index (χ4v) is 3.23. The number of carbonyl (C=O) groups excluding carboxylic acids is 1. The molecule has 0 aliphatic carbocycles. The highest BCUT2D eigenvalue weighted by Crippen LogP contribution is 2.30. The molecule has 0 aromatic heterocycles. The van der Waals surface area contributed by atoms with E-state index >= 15 is 0 Å². The summed E-state index contributed by atoms with van der Waals surface area (Å²) in [7, 11) is 0. The van der Waals surface area contributed by atoms with Crippen LogP contribution in [0.25, 0.3) is 0 Å². The van der Waals surface area contributed by atoms with E-state index in [2.05, 4.69) is 21.2 Å². The van der Waals surface area contributed by atoms with Crippen LogP contribution in [0.1, 0.15) is 42.6 Å². The number of piperidine rings is 1. The average Bonchev–Trinajstić information content (AvgIpc) is 2.42. The Morgan fingerprint density at radius 3 is 2.65 bits per heavy atom. The molecule has 4 heteroatoms. The van der Waals surface area contributed by atoms with Gasteiger partial charge in [-0.3, -0.25) is 0 Å². The molecule has 1 fully saturated rings. The van der Waals surface area contributed by atoms with E-state index < -0.39 is 5.60 Å². The molecule has 1 heterocycles. The molecular formula is C16H23BrNO2+. The number of halogens is 1. The van der Waals surface area contributed by atoms with E-state index in [4.69, 9.17) is 4.74 Å². The Hall–Kier alpha value is -0.870. The summed E-state index contributed by atoms with van der Waals surface area (Å²) in [6.45, 7) is 8.29. The first-order chi connectivity index (χ1) is 9.42. The van der Waals surface area contributed by atoms with Crippen molar-refractivity contribution in [2.24, 2.45) is 5.92 Å². The molecule has 0 unspecified atom stereocenters. The van der Waals surface area contributed by atoms with Gasteiger partial charge in [-0.05, 0) is 48.3 Å². The van der Waals surface area contributed by atoms with Crippen molar-refractivity contribution in [2.45, 2.75) is 39.2 Å². The van der Waals surface area contributed by atoms with Gasteiger partial charge in [-0.15, -0.1) is 0 Å². The maximum atomic E-state index is 12.4. The summed E-state index contributed by atoms with van der Waals surface area (Å²) in [5, 5.41) is 2.32. The Morgan fingerprint density at radius 1 is 1.35 bits per heavy atom. The van der Waals surface area contributed by atoms with Crippen LogP contribution in [0, 0.1) is 12.8 Å². The van der Waals surface area contributed by atoms with Gasteiger partial charge in [-0.25, -0.2) is 4.79 Å². The van der Waals surface area contributed by atoms with E-state index in [0.29, 0.717) is 11.5 Å². The quantitative estimate of drug-likeness (QED) is 0.859. The zero-order valence-corrected chi connectivity index (χ0v) is 14.0. The lowest BCUT2D eigenvalue weighted by Gasteiger charge is -2.35. The van der Waals surface area contributed by atoms with Crippen LogP contribution in [0.15, 0.2) is 22.7 Å². The molecule has 1 saturated heterocycles. The molecule has 3 nitrogen and oxygen atoms in total. The van der Waals surface area contributed by atoms with Crippen LogP contribution in [0.4, 0.5) is 0 Å². The van der Waals surface area contributed by atoms with Gasteiger partial charge in [0.1, 0.15) is 5.60 Å². The van der Waals surface area contributed by atoms with Gasteiger partial charge >= 0.3 is 5.97 Å². The molecule has 1 aliphatic heterocycles. The molecule has 0 spiro atoms. The van der Waals surface area contributed by atoms with Gasteiger partial charge in [0.05, 0.1) is 18.7 Å². The van der Waals surface area contributed by atoms with Gasteiger partial charge in [0.2, 0.25) is 0 Å². The third-order valence-corrected chi connectivity index (χ3v) is 5.24. The van der Waals surface area contributed by atoms with Crippen molar-refractivity contribution in [3.05, 3.63) is 33.8 Å². The highest BCUT2D eigenvalue weighted by Gasteiger charge is 2.35. The first-order valence-corrected chi connectivity index (χ1v) is 8.01. The third-order valence-electron chi connectivity index (χ3n) is 4.19. The third kappa shape index (κ3) is 3.41. The second-order valence-electron chi connectivity index (χ2n) is 6.07. The van der Waals surface area contributed by atoms with Crippen molar-refractivity contribution in [3.63, 3.8) is 0 Å². The van der Waals surface area contributed by atoms with E-state index in [1.54, 1.807) is 0 Å². The van der Waals surface area contributed by atoms with Crippen LogP contribution in [-0.2, 0) is 4.74 Å². The van der Waals surface area contributed by atoms with Gasteiger partial charge in [0.25, 0.3) is 0 Å². The second kappa shape index (κ2) is 6.27. The fraction of sp³-hybridized carbons (Fsp3) is 0.562. The van der Waals surface area contributed by atoms with Crippen LogP contribution in [-0.4, -0.2) is 24.7 Å². The zero-order valence-electron chi connectivity index (χ0n) is 12.4. The standard InChI is InChI=1S/C16H22BrNO2/c1-11-5-4-6-13(14(11)17)15(19)20-16(2,3)12-7-9-18-10-8-12/h4-6,12,18H,7-10H2,1-3H3/p+1. The minimum Gasteiger partial charge on any atom is -0.456 e. The van der Waals surface area contributed by atoms with Crippen molar-refractivity contribution < 1.29 is 14.8 Å². The number of rotatable bonds is 3. The molecule has 1 aromatic rings. The first kappa shape index (κ1) is 15.5. The number of nitrogens with two attached hydrogens (primary N) is 1. The SMILES string of the molecule is Cc1cccc(C(=O)OC(C)(C)C2CC[NH2+]CC2)c1Br. The molecule has 1 aromatic carbocycles. The van der Waals surface area contributed by atoms with Crippen LogP contribution < -0.4 is 5.32 Å². The van der Waals surface area contributed by atoms with Gasteiger partial charge < -0.3 is 10.1 Å². The Balaban J connectivity index is 2.11. The summed E-state index contributed by atoms with van der Waals surface area (Å²) in [4.78, 5) is 12.4. The normalized spacial score (nSPS) is 17.0. The molecule has 20 heavy (non-hydrogen) atoms. The minimum atomic E-state index is -0.408. The van der Waals surface area contributed by atoms with E-state index in [0.717, 1.165) is 36.0 Å². The number of hydrogen-bond acceptors (Lipinski definition) is 2. The maximum Gasteiger partial charge on any atom is 0.339 e. The first-order valence-electron chi connectivity index (χ1n) is 7.22. The molecule has 0 atom stereocenters. The second-order valence-corrected chi connectivity index (χ2v) is 6.86. The largest absolute Gasteiger partial charge is 0.456 e. The van der Waals surface area contributed by atoms with E-state index in [1.807, 2.05) is 39.0 Å². The number of quaternary nitrogens is 1. The number of benzene rings is 1. The van der Waals surface area contributed by atoms with Crippen molar-refractivity contribution in [3.8, 4) is 0 Å². The number of aryl methyl sites for hydroxylation is 1. The Bertz CT molecular complexity index is 493. The monoisotopic (exact) mass is 340 g/mol. The van der Waals surface area contributed by atoms with Crippen molar-refractivity contribution in [1.82, 2.24) is 0 Å². The summed E-state index contributed by atoms with van der Waals surface area (Å²) in [5.41, 5.74) is 1.25. The van der Waals surface area contributed by atoms with Gasteiger partial charge in [-0.1, -0.05) is 12.1 Å². The smallest absolute Gasteiger partial charge is 0.339 e. The van der Waals surface area contributed by atoms with Gasteiger partial charge in [0.15, 0.2) is 0 Å². The van der Waals surface area contributed by atoms with Gasteiger partial charge in [-0.2, -0.15) is 0 Å². The minimum absolute atomic E-state index is 0.236. The highest BCUT2D eigenvalue weighted by molar-refractivity contribution is 9.10. The number of ether oxygens (including phenoxy) is 1. The number of esters is 1. The van der Waals surface area contributed by atoms with E-state index in [-0.39, 0.29) is 5.97 Å². The lowest BCUT2D eigenvalue weighted by Crippen LogP contribution is -2.86. The highest BCUT2D eigenvalue weighted by atomic mass is 79.9.